The van der Waals surface area contributed by atoms with Gasteiger partial charge in [0.05, 0.1) is 5.60 Å². The lowest BCUT2D eigenvalue weighted by Gasteiger charge is -2.37. The molecule has 0 amide bonds. The number of aliphatic hydroxyl groups is 1. The Bertz CT molecular complexity index is 459. The molecule has 20 heavy (non-hydrogen) atoms. The van der Waals surface area contributed by atoms with Crippen LogP contribution in [0.1, 0.15) is 31.4 Å². The van der Waals surface area contributed by atoms with Gasteiger partial charge in [-0.05, 0) is 30.7 Å². The third kappa shape index (κ3) is 3.48. The van der Waals surface area contributed by atoms with Crippen LogP contribution < -0.4 is 10.6 Å². The largest absolute Gasteiger partial charge is 0.388 e. The molecule has 1 atom stereocenters. The first kappa shape index (κ1) is 15.2. The Balaban J connectivity index is 2.18. The standard InChI is InChI=1S/C15H23FN2O2/c1-11(17)13-9-12(16)3-4-14(13)18(2)10-15(19)5-7-20-8-6-15/h3-4,9,11,19H,5-8,10,17H2,1-2H3/t11-/m0/s1. The zero-order valence-corrected chi connectivity index (χ0v) is 12.1. The minimum atomic E-state index is -0.753. The highest BCUT2D eigenvalue weighted by Gasteiger charge is 2.31. The number of nitrogens with two attached hydrogens (primary N) is 1. The van der Waals surface area contributed by atoms with Crippen molar-refractivity contribution in [3.63, 3.8) is 0 Å². The van der Waals surface area contributed by atoms with Crippen LogP contribution in [-0.2, 0) is 4.74 Å². The molecule has 1 heterocycles. The zero-order chi connectivity index (χ0) is 14.8. The molecule has 1 fully saturated rings. The van der Waals surface area contributed by atoms with Gasteiger partial charge in [-0.25, -0.2) is 4.39 Å². The Morgan fingerprint density at radius 1 is 1.45 bits per heavy atom. The first-order chi connectivity index (χ1) is 9.41. The molecule has 0 radical (unpaired) electrons. The second-order valence-electron chi connectivity index (χ2n) is 5.68. The summed E-state index contributed by atoms with van der Waals surface area (Å²) >= 11 is 0. The second-order valence-corrected chi connectivity index (χ2v) is 5.68. The summed E-state index contributed by atoms with van der Waals surface area (Å²) in [5, 5.41) is 10.6. The number of nitrogens with zero attached hydrogens (tertiary/aromatic N) is 1. The van der Waals surface area contributed by atoms with E-state index in [1.807, 2.05) is 18.9 Å². The molecule has 1 aromatic rings. The third-order valence-electron chi connectivity index (χ3n) is 3.85. The summed E-state index contributed by atoms with van der Waals surface area (Å²) in [6.07, 6.45) is 1.23. The van der Waals surface area contributed by atoms with E-state index < -0.39 is 5.60 Å². The Labute approximate surface area is 119 Å². The third-order valence-corrected chi connectivity index (χ3v) is 3.85. The average molecular weight is 282 g/mol. The van der Waals surface area contributed by atoms with E-state index >= 15 is 0 Å². The zero-order valence-electron chi connectivity index (χ0n) is 12.1. The van der Waals surface area contributed by atoms with Gasteiger partial charge in [0.2, 0.25) is 0 Å². The first-order valence-electron chi connectivity index (χ1n) is 6.98. The fourth-order valence-corrected chi connectivity index (χ4v) is 2.67. The molecule has 112 valence electrons. The van der Waals surface area contributed by atoms with Crippen LogP contribution in [0.3, 0.4) is 0 Å². The van der Waals surface area contributed by atoms with Crippen LogP contribution in [0.25, 0.3) is 0 Å². The lowest BCUT2D eigenvalue weighted by molar-refractivity contribution is -0.0572. The maximum atomic E-state index is 13.4. The quantitative estimate of drug-likeness (QED) is 0.884. The van der Waals surface area contributed by atoms with E-state index in [1.165, 1.54) is 12.1 Å². The summed E-state index contributed by atoms with van der Waals surface area (Å²) in [4.78, 5) is 1.95. The SMILES string of the molecule is C[C@H](N)c1cc(F)ccc1N(C)CC1(O)CCOCC1. The molecule has 0 unspecified atom stereocenters. The molecule has 2 rings (SSSR count). The van der Waals surface area contributed by atoms with Crippen molar-refractivity contribution in [1.29, 1.82) is 0 Å². The van der Waals surface area contributed by atoms with E-state index in [2.05, 4.69) is 0 Å². The van der Waals surface area contributed by atoms with Gasteiger partial charge >= 0.3 is 0 Å². The van der Waals surface area contributed by atoms with Crippen LogP contribution in [-0.4, -0.2) is 37.5 Å². The van der Waals surface area contributed by atoms with E-state index in [0.29, 0.717) is 32.6 Å². The smallest absolute Gasteiger partial charge is 0.123 e. The fraction of sp³-hybridized carbons (Fsp3) is 0.600. The minimum Gasteiger partial charge on any atom is -0.388 e. The van der Waals surface area contributed by atoms with Crippen molar-refractivity contribution in [3.05, 3.63) is 29.6 Å². The van der Waals surface area contributed by atoms with Crippen LogP contribution in [0.2, 0.25) is 0 Å². The summed E-state index contributed by atoms with van der Waals surface area (Å²) in [5.74, 6) is -0.292. The Hall–Kier alpha value is -1.17. The molecule has 1 aliphatic heterocycles. The normalized spacial score (nSPS) is 19.6. The van der Waals surface area contributed by atoms with Crippen molar-refractivity contribution >= 4 is 5.69 Å². The predicted octanol–water partition coefficient (Wildman–Crippen LogP) is 1.82. The summed E-state index contributed by atoms with van der Waals surface area (Å²) in [5.41, 5.74) is 6.77. The van der Waals surface area contributed by atoms with Crippen molar-refractivity contribution < 1.29 is 14.2 Å². The molecule has 0 saturated carbocycles. The molecule has 1 aromatic carbocycles. The molecule has 5 heteroatoms. The average Bonchev–Trinajstić information content (AvgIpc) is 2.38. The lowest BCUT2D eigenvalue weighted by Crippen LogP contribution is -2.46. The van der Waals surface area contributed by atoms with E-state index in [4.69, 9.17) is 10.5 Å². The van der Waals surface area contributed by atoms with Crippen LogP contribution >= 0.6 is 0 Å². The Morgan fingerprint density at radius 2 is 2.10 bits per heavy atom. The van der Waals surface area contributed by atoms with Gasteiger partial charge in [0, 0.05) is 51.4 Å². The van der Waals surface area contributed by atoms with E-state index in [9.17, 15) is 9.50 Å². The molecule has 4 nitrogen and oxygen atoms in total. The highest BCUT2D eigenvalue weighted by molar-refractivity contribution is 5.54. The number of benzene rings is 1. The van der Waals surface area contributed by atoms with Gasteiger partial charge in [-0.15, -0.1) is 0 Å². The van der Waals surface area contributed by atoms with Crippen LogP contribution in [0, 0.1) is 5.82 Å². The lowest BCUT2D eigenvalue weighted by atomic mass is 9.93. The van der Waals surface area contributed by atoms with E-state index in [0.717, 1.165) is 11.3 Å². The number of rotatable bonds is 4. The number of halogens is 1. The molecule has 0 bridgehead atoms. The second kappa shape index (κ2) is 6.08. The van der Waals surface area contributed by atoms with Gasteiger partial charge in [-0.2, -0.15) is 0 Å². The molecular weight excluding hydrogens is 259 g/mol. The first-order valence-corrected chi connectivity index (χ1v) is 6.98. The van der Waals surface area contributed by atoms with E-state index in [-0.39, 0.29) is 11.9 Å². The van der Waals surface area contributed by atoms with Crippen molar-refractivity contribution in [2.45, 2.75) is 31.4 Å². The number of hydrogen-bond acceptors (Lipinski definition) is 4. The molecular formula is C15H23FN2O2. The molecule has 0 aromatic heterocycles. The summed E-state index contributed by atoms with van der Waals surface area (Å²) in [6, 6.07) is 4.35. The maximum Gasteiger partial charge on any atom is 0.123 e. The van der Waals surface area contributed by atoms with Crippen molar-refractivity contribution in [2.75, 3.05) is 31.7 Å². The molecule has 0 spiro atoms. The Kier molecular flexibility index (Phi) is 4.62. The van der Waals surface area contributed by atoms with Gasteiger partial charge in [-0.1, -0.05) is 0 Å². The van der Waals surface area contributed by atoms with Gasteiger partial charge < -0.3 is 20.5 Å². The summed E-state index contributed by atoms with van der Waals surface area (Å²) < 4.78 is 18.6. The predicted molar refractivity (Wildman–Crippen MR) is 77.3 cm³/mol. The summed E-state index contributed by atoms with van der Waals surface area (Å²) in [6.45, 7) is 3.47. The summed E-state index contributed by atoms with van der Waals surface area (Å²) in [7, 11) is 1.90. The van der Waals surface area contributed by atoms with Crippen LogP contribution in [0.4, 0.5) is 10.1 Å². The van der Waals surface area contributed by atoms with Crippen molar-refractivity contribution in [3.8, 4) is 0 Å². The molecule has 3 N–H and O–H groups in total. The minimum absolute atomic E-state index is 0.257. The number of likely N-dealkylation sites (N-methyl/N-ethyl adjacent to an activating group) is 1. The number of ether oxygens (including phenoxy) is 1. The van der Waals surface area contributed by atoms with Crippen LogP contribution in [0.15, 0.2) is 18.2 Å². The highest BCUT2D eigenvalue weighted by atomic mass is 19.1. The van der Waals surface area contributed by atoms with Crippen LogP contribution in [0.5, 0.6) is 0 Å². The van der Waals surface area contributed by atoms with Gasteiger partial charge in [0.25, 0.3) is 0 Å². The van der Waals surface area contributed by atoms with Crippen molar-refractivity contribution in [2.24, 2.45) is 5.73 Å². The fourth-order valence-electron chi connectivity index (χ4n) is 2.67. The maximum absolute atomic E-state index is 13.4. The molecule has 1 aliphatic rings. The molecule has 1 saturated heterocycles. The number of hydrogen-bond donors (Lipinski definition) is 2. The van der Waals surface area contributed by atoms with E-state index in [1.54, 1.807) is 6.07 Å². The van der Waals surface area contributed by atoms with Gasteiger partial charge in [0.1, 0.15) is 5.82 Å². The van der Waals surface area contributed by atoms with Gasteiger partial charge in [0.15, 0.2) is 0 Å². The highest BCUT2D eigenvalue weighted by Crippen LogP contribution is 2.29. The van der Waals surface area contributed by atoms with Gasteiger partial charge in [-0.3, -0.25) is 0 Å². The number of anilines is 1. The Morgan fingerprint density at radius 3 is 2.70 bits per heavy atom. The van der Waals surface area contributed by atoms with Crippen molar-refractivity contribution in [1.82, 2.24) is 0 Å². The topological polar surface area (TPSA) is 58.7 Å². The molecule has 0 aliphatic carbocycles. The monoisotopic (exact) mass is 282 g/mol.